The van der Waals surface area contributed by atoms with Gasteiger partial charge in [0.05, 0.1) is 12.0 Å². The van der Waals surface area contributed by atoms with Crippen molar-refractivity contribution < 1.29 is 0 Å². The van der Waals surface area contributed by atoms with Gasteiger partial charge in [0, 0.05) is 30.6 Å². The largest absolute Gasteiger partial charge is 0.333 e. The number of hydrogen-bond acceptors (Lipinski definition) is 3. The molecule has 0 aromatic carbocycles. The summed E-state index contributed by atoms with van der Waals surface area (Å²) in [5, 5.41) is 3.60. The molecule has 1 aromatic heterocycles. The number of nitrogens with zero attached hydrogens (tertiary/aromatic N) is 2. The van der Waals surface area contributed by atoms with Gasteiger partial charge in [0.15, 0.2) is 0 Å². The topological polar surface area (TPSA) is 29.9 Å². The summed E-state index contributed by atoms with van der Waals surface area (Å²) in [5.41, 5.74) is 1.29. The summed E-state index contributed by atoms with van der Waals surface area (Å²) in [6.07, 6.45) is 9.71. The summed E-state index contributed by atoms with van der Waals surface area (Å²) in [4.78, 5) is 4.23. The molecule has 0 aliphatic rings. The quantitative estimate of drug-likeness (QED) is 0.746. The fourth-order valence-corrected chi connectivity index (χ4v) is 3.04. The van der Waals surface area contributed by atoms with E-state index in [1.807, 2.05) is 24.3 Å². The van der Waals surface area contributed by atoms with Crippen LogP contribution in [0.2, 0.25) is 0 Å². The molecule has 0 saturated carbocycles. The number of rotatable bonds is 9. The van der Waals surface area contributed by atoms with Crippen molar-refractivity contribution in [3.05, 3.63) is 18.2 Å². The third-order valence-corrected chi connectivity index (χ3v) is 5.33. The maximum atomic E-state index is 4.23. The number of nitrogens with one attached hydrogen (secondary N) is 1. The lowest BCUT2D eigenvalue weighted by atomic mass is 10.0. The maximum absolute atomic E-state index is 4.23. The zero-order valence-electron chi connectivity index (χ0n) is 12.2. The first-order valence-corrected chi connectivity index (χ1v) is 8.18. The monoisotopic (exact) mass is 269 g/mol. The first-order chi connectivity index (χ1) is 8.71. The molecule has 0 radical (unpaired) electrons. The van der Waals surface area contributed by atoms with Crippen LogP contribution in [0.3, 0.4) is 0 Å². The molecule has 3 nitrogen and oxygen atoms in total. The van der Waals surface area contributed by atoms with E-state index in [0.717, 1.165) is 26.1 Å². The molecule has 0 saturated heterocycles. The SMILES string of the molecule is CCCn1cncc1CNCC(CC)(CC)SC. The van der Waals surface area contributed by atoms with Gasteiger partial charge in [-0.15, -0.1) is 0 Å². The Bertz CT molecular complexity index is 323. The van der Waals surface area contributed by atoms with Crippen LogP contribution in [0.4, 0.5) is 0 Å². The van der Waals surface area contributed by atoms with Gasteiger partial charge in [-0.1, -0.05) is 20.8 Å². The molecular weight excluding hydrogens is 242 g/mol. The first kappa shape index (κ1) is 15.6. The van der Waals surface area contributed by atoms with Crippen LogP contribution in [0.5, 0.6) is 0 Å². The van der Waals surface area contributed by atoms with Gasteiger partial charge in [0.25, 0.3) is 0 Å². The van der Waals surface area contributed by atoms with Gasteiger partial charge in [0.2, 0.25) is 0 Å². The molecule has 18 heavy (non-hydrogen) atoms. The third-order valence-electron chi connectivity index (χ3n) is 3.74. The molecule has 1 N–H and O–H groups in total. The minimum Gasteiger partial charge on any atom is -0.333 e. The van der Waals surface area contributed by atoms with Crippen molar-refractivity contribution in [2.24, 2.45) is 0 Å². The van der Waals surface area contributed by atoms with Crippen molar-refractivity contribution in [3.8, 4) is 0 Å². The van der Waals surface area contributed by atoms with E-state index in [2.05, 4.69) is 41.9 Å². The number of aryl methyl sites for hydroxylation is 1. The van der Waals surface area contributed by atoms with Crippen molar-refractivity contribution in [2.75, 3.05) is 12.8 Å². The molecule has 0 bridgehead atoms. The highest BCUT2D eigenvalue weighted by molar-refractivity contribution is 8.00. The van der Waals surface area contributed by atoms with E-state index in [0.29, 0.717) is 4.75 Å². The lowest BCUT2D eigenvalue weighted by molar-refractivity contribution is 0.486. The first-order valence-electron chi connectivity index (χ1n) is 6.96. The van der Waals surface area contributed by atoms with Gasteiger partial charge in [-0.3, -0.25) is 0 Å². The molecule has 0 aliphatic heterocycles. The Labute approximate surface area is 116 Å². The number of hydrogen-bond donors (Lipinski definition) is 1. The summed E-state index contributed by atoms with van der Waals surface area (Å²) in [5.74, 6) is 0. The van der Waals surface area contributed by atoms with Crippen LogP contribution >= 0.6 is 11.8 Å². The fourth-order valence-electron chi connectivity index (χ4n) is 2.22. The van der Waals surface area contributed by atoms with Gasteiger partial charge in [-0.05, 0) is 25.5 Å². The predicted octanol–water partition coefficient (Wildman–Crippen LogP) is 3.30. The highest BCUT2D eigenvalue weighted by Gasteiger charge is 2.24. The van der Waals surface area contributed by atoms with Crippen LogP contribution < -0.4 is 5.32 Å². The molecule has 0 unspecified atom stereocenters. The van der Waals surface area contributed by atoms with Crippen molar-refractivity contribution in [3.63, 3.8) is 0 Å². The maximum Gasteiger partial charge on any atom is 0.0948 e. The van der Waals surface area contributed by atoms with E-state index in [-0.39, 0.29) is 0 Å². The van der Waals surface area contributed by atoms with Crippen LogP contribution in [-0.2, 0) is 13.1 Å². The molecule has 1 aromatic rings. The third kappa shape index (κ3) is 4.02. The van der Waals surface area contributed by atoms with E-state index in [9.17, 15) is 0 Å². The van der Waals surface area contributed by atoms with E-state index >= 15 is 0 Å². The average Bonchev–Trinajstić information content (AvgIpc) is 2.83. The van der Waals surface area contributed by atoms with E-state index in [4.69, 9.17) is 0 Å². The highest BCUT2D eigenvalue weighted by atomic mass is 32.2. The molecule has 0 fully saturated rings. The standard InChI is InChI=1S/C14H27N3S/c1-5-8-17-12-16-10-13(17)9-15-11-14(6-2,7-3)18-4/h10,12,15H,5-9,11H2,1-4H3. The van der Waals surface area contributed by atoms with Crippen LogP contribution in [0.15, 0.2) is 12.5 Å². The molecular formula is C14H27N3S. The molecule has 1 rings (SSSR count). The molecule has 0 spiro atoms. The molecule has 0 amide bonds. The normalized spacial score (nSPS) is 12.0. The van der Waals surface area contributed by atoms with E-state index in [1.165, 1.54) is 18.5 Å². The summed E-state index contributed by atoms with van der Waals surface area (Å²) < 4.78 is 2.63. The Morgan fingerprint density at radius 3 is 2.61 bits per heavy atom. The Hall–Kier alpha value is -0.480. The number of aromatic nitrogens is 2. The van der Waals surface area contributed by atoms with Crippen LogP contribution in [0, 0.1) is 0 Å². The average molecular weight is 269 g/mol. The Balaban J connectivity index is 2.47. The van der Waals surface area contributed by atoms with Gasteiger partial charge < -0.3 is 9.88 Å². The zero-order chi connectivity index (χ0) is 13.4. The summed E-state index contributed by atoms with van der Waals surface area (Å²) >= 11 is 1.98. The molecule has 104 valence electrons. The highest BCUT2D eigenvalue weighted by Crippen LogP contribution is 2.29. The van der Waals surface area contributed by atoms with E-state index in [1.54, 1.807) is 0 Å². The second-order valence-corrected chi connectivity index (χ2v) is 6.05. The van der Waals surface area contributed by atoms with Gasteiger partial charge in [-0.25, -0.2) is 4.98 Å². The van der Waals surface area contributed by atoms with Gasteiger partial charge in [-0.2, -0.15) is 11.8 Å². The lowest BCUT2D eigenvalue weighted by Crippen LogP contribution is -2.36. The smallest absolute Gasteiger partial charge is 0.0948 e. The number of thioether (sulfide) groups is 1. The second kappa shape index (κ2) is 7.85. The van der Waals surface area contributed by atoms with E-state index < -0.39 is 0 Å². The Morgan fingerprint density at radius 2 is 2.06 bits per heavy atom. The van der Waals surface area contributed by atoms with Crippen molar-refractivity contribution in [1.29, 1.82) is 0 Å². The second-order valence-electron chi connectivity index (χ2n) is 4.78. The predicted molar refractivity (Wildman–Crippen MR) is 81.1 cm³/mol. The van der Waals surface area contributed by atoms with Crippen LogP contribution in [0.25, 0.3) is 0 Å². The van der Waals surface area contributed by atoms with Crippen molar-refractivity contribution >= 4 is 11.8 Å². The van der Waals surface area contributed by atoms with Gasteiger partial charge >= 0.3 is 0 Å². The lowest BCUT2D eigenvalue weighted by Gasteiger charge is -2.30. The minimum atomic E-state index is 0.385. The van der Waals surface area contributed by atoms with Crippen molar-refractivity contribution in [1.82, 2.24) is 14.9 Å². The fraction of sp³-hybridized carbons (Fsp3) is 0.786. The summed E-state index contributed by atoms with van der Waals surface area (Å²) in [7, 11) is 0. The Morgan fingerprint density at radius 1 is 1.33 bits per heavy atom. The Kier molecular flexibility index (Phi) is 6.79. The summed E-state index contributed by atoms with van der Waals surface area (Å²) in [6.45, 7) is 9.81. The van der Waals surface area contributed by atoms with Crippen LogP contribution in [0.1, 0.15) is 45.7 Å². The van der Waals surface area contributed by atoms with Gasteiger partial charge in [0.1, 0.15) is 0 Å². The zero-order valence-corrected chi connectivity index (χ0v) is 13.0. The van der Waals surface area contributed by atoms with Crippen molar-refractivity contribution in [2.45, 2.75) is 57.9 Å². The molecule has 0 aliphatic carbocycles. The molecule has 4 heteroatoms. The molecule has 0 atom stereocenters. The minimum absolute atomic E-state index is 0.385. The number of imidazole rings is 1. The summed E-state index contributed by atoms with van der Waals surface area (Å²) in [6, 6.07) is 0. The molecule has 1 heterocycles. The van der Waals surface area contributed by atoms with Crippen LogP contribution in [-0.4, -0.2) is 27.1 Å².